The first-order chi connectivity index (χ1) is 9.86. The molecule has 5 amide bonds. The smallest absolute Gasteiger partial charge is 0.314 e. The average molecular weight is 296 g/mol. The molecule has 2 saturated heterocycles. The quantitative estimate of drug-likeness (QED) is 0.405. The molecule has 0 aromatic carbocycles. The number of hydrazone groups is 1. The van der Waals surface area contributed by atoms with Crippen LogP contribution in [-0.4, -0.2) is 47.5 Å². The SMILES string of the molecule is C/C(CC(C)C)=N/NC(=O)CN1C(=O)N[C@H]2NC(=O)N[C@H]21. The Bertz CT molecular complexity index is 489. The maximum atomic E-state index is 11.8. The van der Waals surface area contributed by atoms with E-state index in [-0.39, 0.29) is 12.6 Å². The molecule has 0 radical (unpaired) electrons. The number of amides is 5. The number of carbonyl (C=O) groups excluding carboxylic acids is 3. The number of nitrogens with one attached hydrogen (secondary N) is 4. The van der Waals surface area contributed by atoms with Crippen LogP contribution in [0.3, 0.4) is 0 Å². The summed E-state index contributed by atoms with van der Waals surface area (Å²) >= 11 is 0. The zero-order valence-corrected chi connectivity index (χ0v) is 12.3. The van der Waals surface area contributed by atoms with Crippen molar-refractivity contribution in [2.45, 2.75) is 39.5 Å². The fraction of sp³-hybridized carbons (Fsp3) is 0.667. The zero-order valence-electron chi connectivity index (χ0n) is 12.3. The molecule has 2 aliphatic rings. The predicted molar refractivity (Wildman–Crippen MR) is 75.2 cm³/mol. The zero-order chi connectivity index (χ0) is 15.6. The van der Waals surface area contributed by atoms with Crippen molar-refractivity contribution in [2.24, 2.45) is 11.0 Å². The Morgan fingerprint density at radius 1 is 1.33 bits per heavy atom. The lowest BCUT2D eigenvalue weighted by molar-refractivity contribution is -0.121. The van der Waals surface area contributed by atoms with E-state index in [1.54, 1.807) is 0 Å². The predicted octanol–water partition coefficient (Wildman–Crippen LogP) is -0.485. The van der Waals surface area contributed by atoms with E-state index in [2.05, 4.69) is 40.3 Å². The molecular formula is C12H20N6O3. The van der Waals surface area contributed by atoms with Crippen LogP contribution in [-0.2, 0) is 4.79 Å². The summed E-state index contributed by atoms with van der Waals surface area (Å²) in [4.78, 5) is 36.0. The molecule has 0 spiro atoms. The molecule has 0 unspecified atom stereocenters. The van der Waals surface area contributed by atoms with Crippen LogP contribution in [0, 0.1) is 5.92 Å². The highest BCUT2D eigenvalue weighted by molar-refractivity contribution is 5.89. The second-order valence-electron chi connectivity index (χ2n) is 5.60. The molecule has 2 atom stereocenters. The number of rotatable bonds is 5. The first-order valence-corrected chi connectivity index (χ1v) is 6.83. The van der Waals surface area contributed by atoms with E-state index in [0.29, 0.717) is 5.92 Å². The molecule has 2 rings (SSSR count). The monoisotopic (exact) mass is 296 g/mol. The van der Waals surface area contributed by atoms with Crippen molar-refractivity contribution in [1.29, 1.82) is 0 Å². The van der Waals surface area contributed by atoms with Gasteiger partial charge < -0.3 is 16.0 Å². The van der Waals surface area contributed by atoms with Gasteiger partial charge in [-0.25, -0.2) is 15.0 Å². The topological polar surface area (TPSA) is 115 Å². The minimum absolute atomic E-state index is 0.173. The van der Waals surface area contributed by atoms with Crippen LogP contribution in [0.5, 0.6) is 0 Å². The minimum atomic E-state index is -0.559. The maximum absolute atomic E-state index is 11.8. The third kappa shape index (κ3) is 3.61. The van der Waals surface area contributed by atoms with Gasteiger partial charge in [-0.1, -0.05) is 13.8 Å². The second kappa shape index (κ2) is 5.98. The van der Waals surface area contributed by atoms with Crippen molar-refractivity contribution >= 4 is 23.7 Å². The molecule has 4 N–H and O–H groups in total. The molecule has 0 saturated carbocycles. The van der Waals surface area contributed by atoms with E-state index in [0.717, 1.165) is 12.1 Å². The summed E-state index contributed by atoms with van der Waals surface area (Å²) in [5.41, 5.74) is 3.24. The van der Waals surface area contributed by atoms with E-state index < -0.39 is 24.3 Å². The molecule has 21 heavy (non-hydrogen) atoms. The van der Waals surface area contributed by atoms with E-state index in [1.807, 2.05) is 6.92 Å². The van der Waals surface area contributed by atoms with Crippen LogP contribution < -0.4 is 21.4 Å². The van der Waals surface area contributed by atoms with Crippen molar-refractivity contribution in [2.75, 3.05) is 6.54 Å². The van der Waals surface area contributed by atoms with E-state index >= 15 is 0 Å². The minimum Gasteiger partial charge on any atom is -0.314 e. The Kier molecular flexibility index (Phi) is 4.29. The van der Waals surface area contributed by atoms with Gasteiger partial charge in [-0.05, 0) is 19.3 Å². The van der Waals surface area contributed by atoms with Gasteiger partial charge in [0, 0.05) is 5.71 Å². The van der Waals surface area contributed by atoms with Crippen LogP contribution in [0.25, 0.3) is 0 Å². The average Bonchev–Trinajstić information content (AvgIpc) is 2.84. The van der Waals surface area contributed by atoms with Gasteiger partial charge in [0.1, 0.15) is 18.9 Å². The van der Waals surface area contributed by atoms with Gasteiger partial charge in [-0.3, -0.25) is 9.69 Å². The fourth-order valence-corrected chi connectivity index (χ4v) is 2.35. The molecule has 0 aromatic heterocycles. The van der Waals surface area contributed by atoms with Gasteiger partial charge >= 0.3 is 12.1 Å². The third-order valence-electron chi connectivity index (χ3n) is 3.15. The number of hydrogen-bond donors (Lipinski definition) is 4. The van der Waals surface area contributed by atoms with Crippen molar-refractivity contribution in [3.8, 4) is 0 Å². The largest absolute Gasteiger partial charge is 0.321 e. The maximum Gasteiger partial charge on any atom is 0.321 e. The van der Waals surface area contributed by atoms with Gasteiger partial charge in [0.2, 0.25) is 0 Å². The Hall–Kier alpha value is -2.32. The van der Waals surface area contributed by atoms with Crippen molar-refractivity contribution in [3.05, 3.63) is 0 Å². The number of carbonyl (C=O) groups is 3. The van der Waals surface area contributed by atoms with Gasteiger partial charge in [0.25, 0.3) is 5.91 Å². The summed E-state index contributed by atoms with van der Waals surface area (Å²) in [7, 11) is 0. The molecule has 2 heterocycles. The molecular weight excluding hydrogens is 276 g/mol. The van der Waals surface area contributed by atoms with E-state index in [9.17, 15) is 14.4 Å². The summed E-state index contributed by atoms with van der Waals surface area (Å²) < 4.78 is 0. The third-order valence-corrected chi connectivity index (χ3v) is 3.15. The van der Waals surface area contributed by atoms with Crippen LogP contribution in [0.2, 0.25) is 0 Å². The van der Waals surface area contributed by atoms with Gasteiger partial charge in [0.15, 0.2) is 0 Å². The molecule has 116 valence electrons. The normalized spacial score (nSPS) is 24.6. The van der Waals surface area contributed by atoms with E-state index in [1.165, 1.54) is 4.90 Å². The molecule has 0 bridgehead atoms. The Morgan fingerprint density at radius 3 is 2.71 bits per heavy atom. The highest BCUT2D eigenvalue weighted by Crippen LogP contribution is 2.13. The Labute approximate surface area is 122 Å². The Morgan fingerprint density at radius 2 is 2.05 bits per heavy atom. The number of nitrogens with zero attached hydrogens (tertiary/aromatic N) is 2. The van der Waals surface area contributed by atoms with Crippen molar-refractivity contribution in [3.63, 3.8) is 0 Å². The van der Waals surface area contributed by atoms with Gasteiger partial charge in [-0.2, -0.15) is 5.10 Å². The number of hydrogen-bond acceptors (Lipinski definition) is 4. The summed E-state index contributed by atoms with van der Waals surface area (Å²) in [5.74, 6) is 0.0469. The standard InChI is InChI=1S/C12H20N6O3/c1-6(2)4-7(3)16-17-8(19)5-18-10-9(14-12(18)21)13-11(20)15-10/h6,9-10H,4-5H2,1-3H3,(H,14,21)(H,17,19)(H2,13,15,20)/b16-7-/t9-,10+/m1/s1. The molecule has 2 aliphatic heterocycles. The van der Waals surface area contributed by atoms with E-state index in [4.69, 9.17) is 0 Å². The van der Waals surface area contributed by atoms with Crippen LogP contribution in [0.15, 0.2) is 5.10 Å². The molecule has 0 aromatic rings. The molecule has 9 nitrogen and oxygen atoms in total. The lowest BCUT2D eigenvalue weighted by Crippen LogP contribution is -2.47. The Balaban J connectivity index is 1.87. The molecule has 0 aliphatic carbocycles. The summed E-state index contributed by atoms with van der Waals surface area (Å²) in [6.45, 7) is 5.78. The highest BCUT2D eigenvalue weighted by Gasteiger charge is 2.45. The van der Waals surface area contributed by atoms with Crippen molar-refractivity contribution in [1.82, 2.24) is 26.3 Å². The lowest BCUT2D eigenvalue weighted by Gasteiger charge is -2.19. The lowest BCUT2D eigenvalue weighted by atomic mass is 10.1. The second-order valence-corrected chi connectivity index (χ2v) is 5.60. The van der Waals surface area contributed by atoms with Crippen LogP contribution in [0.4, 0.5) is 9.59 Å². The number of fused-ring (bicyclic) bond motifs is 1. The summed E-state index contributed by atoms with van der Waals surface area (Å²) in [6.07, 6.45) is -0.282. The summed E-state index contributed by atoms with van der Waals surface area (Å²) in [6, 6.07) is -0.781. The first-order valence-electron chi connectivity index (χ1n) is 6.83. The van der Waals surface area contributed by atoms with Crippen LogP contribution in [0.1, 0.15) is 27.2 Å². The first kappa shape index (κ1) is 15.1. The number of urea groups is 2. The van der Waals surface area contributed by atoms with Gasteiger partial charge in [0.05, 0.1) is 0 Å². The highest BCUT2D eigenvalue weighted by atomic mass is 16.2. The van der Waals surface area contributed by atoms with Gasteiger partial charge in [-0.15, -0.1) is 0 Å². The summed E-state index contributed by atoms with van der Waals surface area (Å²) in [5, 5.41) is 11.7. The molecule has 9 heteroatoms. The molecule has 2 fully saturated rings. The van der Waals surface area contributed by atoms with Crippen LogP contribution >= 0.6 is 0 Å². The van der Waals surface area contributed by atoms with Crippen molar-refractivity contribution < 1.29 is 14.4 Å². The fourth-order valence-electron chi connectivity index (χ4n) is 2.35.